The van der Waals surface area contributed by atoms with Crippen molar-refractivity contribution in [2.75, 3.05) is 18.8 Å². The van der Waals surface area contributed by atoms with Gasteiger partial charge in [0.1, 0.15) is 16.7 Å². The van der Waals surface area contributed by atoms with Crippen LogP contribution < -0.4 is 0 Å². The molecule has 0 aliphatic rings. The summed E-state index contributed by atoms with van der Waals surface area (Å²) in [6.07, 6.45) is 6.56. The molecule has 2 aromatic heterocycles. The summed E-state index contributed by atoms with van der Waals surface area (Å²) in [7, 11) is -0.965. The third-order valence-corrected chi connectivity index (χ3v) is 5.45. The Morgan fingerprint density at radius 3 is 2.07 bits per heavy atom. The van der Waals surface area contributed by atoms with Crippen molar-refractivity contribution in [3.63, 3.8) is 0 Å². The molecule has 5 rings (SSSR count). The largest absolute Gasteiger partial charge is 0.456 e. The molecule has 0 radical (unpaired) electrons. The molecule has 3 heteroatoms. The first kappa shape index (κ1) is 17.0. The highest BCUT2D eigenvalue weighted by molar-refractivity contribution is 8.35. The van der Waals surface area contributed by atoms with E-state index in [1.165, 1.54) is 0 Å². The van der Waals surface area contributed by atoms with Crippen molar-refractivity contribution in [2.24, 2.45) is 0 Å². The predicted molar refractivity (Wildman–Crippen MR) is 121 cm³/mol. The smallest absolute Gasteiger partial charge is 0.186 e. The van der Waals surface area contributed by atoms with E-state index in [2.05, 4.69) is 48.1 Å². The molecule has 0 unspecified atom stereocenters. The van der Waals surface area contributed by atoms with Crippen LogP contribution in [0.2, 0.25) is 0 Å². The lowest BCUT2D eigenvalue weighted by Crippen LogP contribution is -1.86. The average Bonchev–Trinajstić information content (AvgIpc) is 3.23. The van der Waals surface area contributed by atoms with Gasteiger partial charge in [0.15, 0.2) is 5.76 Å². The van der Waals surface area contributed by atoms with Gasteiger partial charge >= 0.3 is 0 Å². The molecule has 0 saturated heterocycles. The van der Waals surface area contributed by atoms with Gasteiger partial charge in [0.05, 0.1) is 0 Å². The van der Waals surface area contributed by atoms with Gasteiger partial charge in [0.2, 0.25) is 0 Å². The number of rotatable bonds is 1. The molecule has 5 aromatic rings. The van der Waals surface area contributed by atoms with E-state index < -0.39 is 10.0 Å². The fourth-order valence-corrected chi connectivity index (χ4v) is 3.98. The van der Waals surface area contributed by atoms with Crippen LogP contribution in [0.1, 0.15) is 5.76 Å². The molecule has 0 spiro atoms. The molecule has 2 nitrogen and oxygen atoms in total. The van der Waals surface area contributed by atoms with E-state index in [-0.39, 0.29) is 0 Å². The average molecular weight is 385 g/mol. The zero-order valence-corrected chi connectivity index (χ0v) is 16.9. The summed E-state index contributed by atoms with van der Waals surface area (Å²) in [4.78, 5) is 0. The molecule has 0 aliphatic heterocycles. The quantitative estimate of drug-likeness (QED) is 0.291. The summed E-state index contributed by atoms with van der Waals surface area (Å²) in [5, 5.41) is 6.70. The summed E-state index contributed by atoms with van der Waals surface area (Å²) < 4.78 is 12.3. The number of fused-ring (bicyclic) bond motifs is 4. The zero-order valence-electron chi connectivity index (χ0n) is 16.1. The molecule has 28 heavy (non-hydrogen) atoms. The Morgan fingerprint density at radius 1 is 0.679 bits per heavy atom. The van der Waals surface area contributed by atoms with Crippen LogP contribution in [0.4, 0.5) is 0 Å². The Balaban J connectivity index is 1.90. The fourth-order valence-electron chi connectivity index (χ4n) is 3.58. The maximum absolute atomic E-state index is 6.20. The molecule has 0 atom stereocenters. The van der Waals surface area contributed by atoms with Crippen molar-refractivity contribution in [3.8, 4) is 22.3 Å². The fraction of sp³-hybridized carbons (Fsp3) is 0.120. The van der Waals surface area contributed by atoms with Crippen molar-refractivity contribution >= 4 is 42.9 Å². The van der Waals surface area contributed by atoms with Gasteiger partial charge in [-0.3, -0.25) is 0 Å². The van der Waals surface area contributed by atoms with Crippen LogP contribution in [0.5, 0.6) is 0 Å². The van der Waals surface area contributed by atoms with Gasteiger partial charge in [-0.2, -0.15) is 10.0 Å². The molecule has 3 aromatic carbocycles. The second-order valence-electron chi connectivity index (χ2n) is 7.64. The Kier molecular flexibility index (Phi) is 3.79. The number of para-hydroxylation sites is 2. The standard InChI is InChI=1S/C25H20O2S/c1-28(2,3)16-15-23-25(18-10-5-7-13-21(18)27-23)19-11-8-14-22-24(19)17-9-4-6-12-20(17)26-22/h4-14H,1-3H3. The van der Waals surface area contributed by atoms with Crippen LogP contribution in [0, 0.1) is 11.2 Å². The Labute approximate surface area is 165 Å². The van der Waals surface area contributed by atoms with E-state index in [4.69, 9.17) is 8.83 Å². The van der Waals surface area contributed by atoms with Crippen LogP contribution in [0.15, 0.2) is 75.6 Å². The molecule has 0 N–H and O–H groups in total. The van der Waals surface area contributed by atoms with Crippen LogP contribution in [-0.2, 0) is 0 Å². The maximum Gasteiger partial charge on any atom is 0.186 e. The van der Waals surface area contributed by atoms with E-state index in [9.17, 15) is 0 Å². The zero-order chi connectivity index (χ0) is 19.3. The number of benzene rings is 3. The van der Waals surface area contributed by atoms with Crippen LogP contribution >= 0.6 is 10.0 Å². The van der Waals surface area contributed by atoms with Gasteiger partial charge < -0.3 is 8.83 Å². The van der Waals surface area contributed by atoms with Gasteiger partial charge in [-0.15, -0.1) is 0 Å². The van der Waals surface area contributed by atoms with Crippen molar-refractivity contribution in [3.05, 3.63) is 72.5 Å². The summed E-state index contributed by atoms with van der Waals surface area (Å²) in [6.45, 7) is 0. The highest BCUT2D eigenvalue weighted by atomic mass is 32.3. The van der Waals surface area contributed by atoms with Gasteiger partial charge in [0, 0.05) is 21.7 Å². The predicted octanol–water partition coefficient (Wildman–Crippen LogP) is 7.00. The normalized spacial score (nSPS) is 12.4. The van der Waals surface area contributed by atoms with Crippen LogP contribution in [0.25, 0.3) is 44.0 Å². The lowest BCUT2D eigenvalue weighted by atomic mass is 9.97. The topological polar surface area (TPSA) is 26.3 Å². The van der Waals surface area contributed by atoms with E-state index in [1.54, 1.807) is 0 Å². The van der Waals surface area contributed by atoms with Crippen molar-refractivity contribution in [1.82, 2.24) is 0 Å². The van der Waals surface area contributed by atoms with E-state index in [0.29, 0.717) is 0 Å². The number of hydrogen-bond donors (Lipinski definition) is 0. The summed E-state index contributed by atoms with van der Waals surface area (Å²) in [5.74, 6) is 4.06. The van der Waals surface area contributed by atoms with Crippen LogP contribution in [-0.4, -0.2) is 18.8 Å². The van der Waals surface area contributed by atoms with Crippen molar-refractivity contribution in [2.45, 2.75) is 0 Å². The lowest BCUT2D eigenvalue weighted by Gasteiger charge is -2.14. The highest BCUT2D eigenvalue weighted by Gasteiger charge is 2.19. The van der Waals surface area contributed by atoms with Gasteiger partial charge in [-0.05, 0) is 53.7 Å². The van der Waals surface area contributed by atoms with Crippen LogP contribution in [0.3, 0.4) is 0 Å². The number of furan rings is 2. The highest BCUT2D eigenvalue weighted by Crippen LogP contribution is 2.42. The molecule has 0 saturated carbocycles. The summed E-state index contributed by atoms with van der Waals surface area (Å²) in [6, 6.07) is 22.5. The van der Waals surface area contributed by atoms with Crippen molar-refractivity contribution in [1.29, 1.82) is 0 Å². The monoisotopic (exact) mass is 384 g/mol. The molecule has 0 fully saturated rings. The molecular formula is C25H20O2S. The van der Waals surface area contributed by atoms with Crippen molar-refractivity contribution < 1.29 is 8.83 Å². The van der Waals surface area contributed by atoms with E-state index >= 15 is 0 Å². The summed E-state index contributed by atoms with van der Waals surface area (Å²) in [5.41, 5.74) is 4.77. The second-order valence-corrected chi connectivity index (χ2v) is 11.5. The Hall–Kier alpha value is -3.09. The van der Waals surface area contributed by atoms with Gasteiger partial charge in [-0.25, -0.2) is 0 Å². The SMILES string of the molecule is CS(C)(C)C#Cc1oc2ccccc2c1-c1cccc2oc3ccccc3c12. The molecule has 0 bridgehead atoms. The Morgan fingerprint density at radius 2 is 1.32 bits per heavy atom. The van der Waals surface area contributed by atoms with Gasteiger partial charge in [-0.1, -0.05) is 48.5 Å². The molecule has 0 aliphatic carbocycles. The molecule has 2 heterocycles. The first-order chi connectivity index (χ1) is 13.5. The number of hydrogen-bond acceptors (Lipinski definition) is 2. The summed E-state index contributed by atoms with van der Waals surface area (Å²) >= 11 is 0. The Bertz CT molecular complexity index is 1400. The third-order valence-electron chi connectivity index (χ3n) is 4.74. The minimum atomic E-state index is -0.965. The second kappa shape index (κ2) is 6.22. The lowest BCUT2D eigenvalue weighted by molar-refractivity contribution is 0.602. The van der Waals surface area contributed by atoms with E-state index in [0.717, 1.165) is 49.8 Å². The third kappa shape index (κ3) is 2.78. The molecule has 0 amide bonds. The minimum Gasteiger partial charge on any atom is -0.456 e. The first-order valence-electron chi connectivity index (χ1n) is 9.14. The first-order valence-corrected chi connectivity index (χ1v) is 12.0. The maximum atomic E-state index is 6.20. The minimum absolute atomic E-state index is 0.724. The van der Waals surface area contributed by atoms with E-state index in [1.807, 2.05) is 48.5 Å². The van der Waals surface area contributed by atoms with Gasteiger partial charge in [0.25, 0.3) is 0 Å². The molecular weight excluding hydrogens is 364 g/mol. The molecule has 138 valence electrons.